The lowest BCUT2D eigenvalue weighted by Gasteiger charge is -2.23. The molecule has 6 rings (SSSR count). The van der Waals surface area contributed by atoms with Gasteiger partial charge in [-0.15, -0.1) is 0 Å². The Morgan fingerprint density at radius 2 is 1.31 bits per heavy atom. The van der Waals surface area contributed by atoms with Crippen LogP contribution in [0.1, 0.15) is 54.4 Å². The van der Waals surface area contributed by atoms with Crippen molar-refractivity contribution in [1.29, 1.82) is 0 Å². The highest BCUT2D eigenvalue weighted by atomic mass is 32.2. The van der Waals surface area contributed by atoms with E-state index in [9.17, 15) is 21.6 Å². The van der Waals surface area contributed by atoms with Gasteiger partial charge in [0.2, 0.25) is 20.0 Å². The predicted octanol–water partition coefficient (Wildman–Crippen LogP) is 2.82. The summed E-state index contributed by atoms with van der Waals surface area (Å²) in [5, 5.41) is 0. The van der Waals surface area contributed by atoms with Crippen LogP contribution < -0.4 is 9.44 Å². The van der Waals surface area contributed by atoms with Crippen LogP contribution in [-0.2, 0) is 24.8 Å². The maximum atomic E-state index is 13.2. The van der Waals surface area contributed by atoms with E-state index in [2.05, 4.69) is 9.44 Å². The summed E-state index contributed by atoms with van der Waals surface area (Å²) in [5.74, 6) is 0.635. The fraction of sp³-hybridized carbons (Fsp3) is 0.480. The normalized spacial score (nSPS) is 26.2. The lowest BCUT2D eigenvalue weighted by molar-refractivity contribution is 0.0832. The fourth-order valence-corrected chi connectivity index (χ4v) is 8.81. The molecule has 0 radical (unpaired) electrons. The van der Waals surface area contributed by atoms with Crippen LogP contribution in [0.2, 0.25) is 0 Å². The van der Waals surface area contributed by atoms with Crippen molar-refractivity contribution in [2.45, 2.75) is 60.4 Å². The maximum absolute atomic E-state index is 13.2. The minimum atomic E-state index is -3.81. The van der Waals surface area contributed by atoms with Gasteiger partial charge in [0.05, 0.1) is 9.79 Å². The zero-order valence-electron chi connectivity index (χ0n) is 19.2. The van der Waals surface area contributed by atoms with Crippen LogP contribution >= 0.6 is 0 Å². The van der Waals surface area contributed by atoms with E-state index >= 15 is 0 Å². The first-order valence-corrected chi connectivity index (χ1v) is 15.1. The van der Waals surface area contributed by atoms with E-state index in [0.717, 1.165) is 19.3 Å². The molecule has 2 bridgehead atoms. The Morgan fingerprint density at radius 1 is 0.714 bits per heavy atom. The van der Waals surface area contributed by atoms with Crippen molar-refractivity contribution in [1.82, 2.24) is 9.44 Å². The predicted molar refractivity (Wildman–Crippen MR) is 129 cm³/mol. The molecule has 1 aliphatic heterocycles. The molecule has 8 nitrogen and oxygen atoms in total. The van der Waals surface area contributed by atoms with Gasteiger partial charge in [-0.2, -0.15) is 0 Å². The van der Waals surface area contributed by atoms with Gasteiger partial charge >= 0.3 is 0 Å². The number of fused-ring (bicyclic) bond motifs is 5. The van der Waals surface area contributed by atoms with Crippen LogP contribution in [-0.4, -0.2) is 47.9 Å². The van der Waals surface area contributed by atoms with E-state index in [1.165, 1.54) is 30.7 Å². The first-order chi connectivity index (χ1) is 16.7. The molecule has 2 saturated carbocycles. The number of ketones is 1. The largest absolute Gasteiger partial charge is 0.381 e. The first kappa shape index (κ1) is 23.3. The van der Waals surface area contributed by atoms with Gasteiger partial charge in [0.25, 0.3) is 0 Å². The third-order valence-corrected chi connectivity index (χ3v) is 11.0. The number of hydrogen-bond acceptors (Lipinski definition) is 6. The third-order valence-electron chi connectivity index (χ3n) is 7.97. The van der Waals surface area contributed by atoms with Gasteiger partial charge in [0.15, 0.2) is 5.78 Å². The van der Waals surface area contributed by atoms with Crippen LogP contribution in [0, 0.1) is 11.8 Å². The summed E-state index contributed by atoms with van der Waals surface area (Å²) in [6.07, 6.45) is 5.39. The van der Waals surface area contributed by atoms with E-state index in [-0.39, 0.29) is 38.8 Å². The second kappa shape index (κ2) is 8.48. The number of carbonyl (C=O) groups excluding carboxylic acids is 1. The molecule has 35 heavy (non-hydrogen) atoms. The van der Waals surface area contributed by atoms with Gasteiger partial charge in [0, 0.05) is 36.4 Å². The molecule has 1 saturated heterocycles. The number of rotatable bonds is 6. The topological polar surface area (TPSA) is 119 Å². The van der Waals surface area contributed by atoms with Gasteiger partial charge in [-0.25, -0.2) is 26.3 Å². The monoisotopic (exact) mass is 516 g/mol. The zero-order chi connectivity index (χ0) is 24.4. The van der Waals surface area contributed by atoms with Gasteiger partial charge in [-0.3, -0.25) is 4.79 Å². The molecule has 3 fully saturated rings. The van der Waals surface area contributed by atoms with Gasteiger partial charge in [-0.05, 0) is 79.3 Å². The lowest BCUT2D eigenvalue weighted by Crippen LogP contribution is -2.38. The molecule has 0 spiro atoms. The SMILES string of the molecule is O=C1c2cc(S(=O)(=O)NC3CCOCC3)ccc2-c2ccc(S(=O)(=O)NC3CC4CCC3C4)cc21. The highest BCUT2D eigenvalue weighted by molar-refractivity contribution is 7.89. The highest BCUT2D eigenvalue weighted by Crippen LogP contribution is 2.45. The van der Waals surface area contributed by atoms with Gasteiger partial charge < -0.3 is 4.74 Å². The third kappa shape index (κ3) is 4.15. The average molecular weight is 517 g/mol. The second-order valence-corrected chi connectivity index (χ2v) is 13.6. The van der Waals surface area contributed by atoms with E-state index in [0.29, 0.717) is 49.0 Å². The van der Waals surface area contributed by atoms with Crippen molar-refractivity contribution >= 4 is 25.8 Å². The van der Waals surface area contributed by atoms with Crippen LogP contribution in [0.25, 0.3) is 11.1 Å². The van der Waals surface area contributed by atoms with E-state index in [1.54, 1.807) is 12.1 Å². The Hall–Kier alpha value is -2.11. The van der Waals surface area contributed by atoms with Gasteiger partial charge in [-0.1, -0.05) is 18.6 Å². The molecule has 186 valence electrons. The van der Waals surface area contributed by atoms with Crippen molar-refractivity contribution in [2.24, 2.45) is 11.8 Å². The molecule has 1 heterocycles. The van der Waals surface area contributed by atoms with Crippen LogP contribution in [0.15, 0.2) is 46.2 Å². The van der Waals surface area contributed by atoms with E-state index in [1.807, 2.05) is 0 Å². The number of nitrogens with one attached hydrogen (secondary N) is 2. The van der Waals surface area contributed by atoms with Crippen molar-refractivity contribution in [2.75, 3.05) is 13.2 Å². The van der Waals surface area contributed by atoms with Gasteiger partial charge in [0.1, 0.15) is 0 Å². The van der Waals surface area contributed by atoms with Crippen molar-refractivity contribution in [3.8, 4) is 11.1 Å². The molecule has 3 aliphatic carbocycles. The molecule has 10 heteroatoms. The summed E-state index contributed by atoms with van der Waals surface area (Å²) in [6, 6.07) is 8.84. The van der Waals surface area contributed by atoms with Crippen molar-refractivity contribution in [3.05, 3.63) is 47.5 Å². The Labute approximate surface area is 205 Å². The standard InChI is InChI=1S/C25H28N2O6S2/c28-25-22-13-18(34(29,30)26-17-7-9-33-10-8-17)3-5-20(22)21-6-4-19(14-23(21)25)35(31,32)27-24-12-15-1-2-16(24)11-15/h3-6,13-17,24,26-27H,1-2,7-12H2. The van der Waals surface area contributed by atoms with Crippen molar-refractivity contribution in [3.63, 3.8) is 0 Å². The Bertz CT molecular complexity index is 1410. The number of ether oxygens (including phenoxy) is 1. The Balaban J connectivity index is 1.26. The first-order valence-electron chi connectivity index (χ1n) is 12.2. The average Bonchev–Trinajstić information content (AvgIpc) is 3.53. The smallest absolute Gasteiger partial charge is 0.240 e. The summed E-state index contributed by atoms with van der Waals surface area (Å²) in [5.41, 5.74) is 1.78. The molecule has 2 aromatic carbocycles. The number of carbonyl (C=O) groups is 1. The summed E-state index contributed by atoms with van der Waals surface area (Å²) in [6.45, 7) is 1.01. The van der Waals surface area contributed by atoms with E-state index < -0.39 is 20.0 Å². The number of benzene rings is 2. The molecule has 4 aliphatic rings. The quantitative estimate of drug-likeness (QED) is 0.520. The maximum Gasteiger partial charge on any atom is 0.240 e. The van der Waals surface area contributed by atoms with Crippen LogP contribution in [0.4, 0.5) is 0 Å². The summed E-state index contributed by atoms with van der Waals surface area (Å²) in [7, 11) is -7.57. The van der Waals surface area contributed by atoms with Crippen molar-refractivity contribution < 1.29 is 26.4 Å². The fourth-order valence-electron chi connectivity index (χ4n) is 6.13. The van der Waals surface area contributed by atoms with Crippen LogP contribution in [0.5, 0.6) is 0 Å². The molecular formula is C25H28N2O6S2. The molecule has 2 N–H and O–H groups in total. The lowest BCUT2D eigenvalue weighted by atomic mass is 9.96. The molecule has 2 aromatic rings. The molecular weight excluding hydrogens is 488 g/mol. The minimum Gasteiger partial charge on any atom is -0.381 e. The Kier molecular flexibility index (Phi) is 5.65. The zero-order valence-corrected chi connectivity index (χ0v) is 20.8. The summed E-state index contributed by atoms with van der Waals surface area (Å²) in [4.78, 5) is 13.3. The minimum absolute atomic E-state index is 0.0229. The molecule has 3 unspecified atom stereocenters. The molecule has 0 aromatic heterocycles. The molecule has 3 atom stereocenters. The molecule has 0 amide bonds. The second-order valence-electron chi connectivity index (χ2n) is 10.2. The number of hydrogen-bond donors (Lipinski definition) is 2. The Morgan fingerprint density at radius 3 is 1.86 bits per heavy atom. The van der Waals surface area contributed by atoms with Crippen LogP contribution in [0.3, 0.4) is 0 Å². The summed E-state index contributed by atoms with van der Waals surface area (Å²) >= 11 is 0. The number of sulfonamides is 2. The van der Waals surface area contributed by atoms with E-state index in [4.69, 9.17) is 4.74 Å². The highest BCUT2D eigenvalue weighted by Gasteiger charge is 2.41. The summed E-state index contributed by atoms with van der Waals surface area (Å²) < 4.78 is 62.9.